The second-order valence-corrected chi connectivity index (χ2v) is 5.21. The molecule has 0 spiro atoms. The van der Waals surface area contributed by atoms with E-state index in [4.69, 9.17) is 10.5 Å². The first kappa shape index (κ1) is 17.6. The van der Waals surface area contributed by atoms with Crippen molar-refractivity contribution < 1.29 is 18.7 Å². The zero-order valence-electron chi connectivity index (χ0n) is 13.1. The SMILES string of the molecule is NC(=O)[C@H](NC(=O)COCCc1ccccc1)c1ccccc1F. The van der Waals surface area contributed by atoms with Crippen molar-refractivity contribution in [3.63, 3.8) is 0 Å². The van der Waals surface area contributed by atoms with Gasteiger partial charge < -0.3 is 15.8 Å². The van der Waals surface area contributed by atoms with Gasteiger partial charge in [-0.25, -0.2) is 4.39 Å². The highest BCUT2D eigenvalue weighted by Gasteiger charge is 2.23. The number of carbonyl (C=O) groups is 2. The summed E-state index contributed by atoms with van der Waals surface area (Å²) in [5, 5.41) is 2.39. The molecule has 0 unspecified atom stereocenters. The number of ether oxygens (including phenoxy) is 1. The van der Waals surface area contributed by atoms with Crippen LogP contribution in [0.1, 0.15) is 17.2 Å². The second kappa shape index (κ2) is 8.79. The molecule has 5 nitrogen and oxygen atoms in total. The molecule has 0 heterocycles. The van der Waals surface area contributed by atoms with Crippen molar-refractivity contribution >= 4 is 11.8 Å². The lowest BCUT2D eigenvalue weighted by Gasteiger charge is -2.16. The van der Waals surface area contributed by atoms with E-state index in [1.165, 1.54) is 18.2 Å². The summed E-state index contributed by atoms with van der Waals surface area (Å²) >= 11 is 0. The first-order valence-electron chi connectivity index (χ1n) is 7.52. The number of rotatable bonds is 8. The Morgan fingerprint density at radius 3 is 2.42 bits per heavy atom. The summed E-state index contributed by atoms with van der Waals surface area (Å²) in [5.41, 5.74) is 6.38. The van der Waals surface area contributed by atoms with Crippen LogP contribution in [0.25, 0.3) is 0 Å². The molecule has 0 fully saturated rings. The van der Waals surface area contributed by atoms with Crippen molar-refractivity contribution in [2.24, 2.45) is 5.73 Å². The Morgan fingerprint density at radius 2 is 1.75 bits per heavy atom. The molecule has 0 bridgehead atoms. The van der Waals surface area contributed by atoms with Crippen LogP contribution in [0.4, 0.5) is 4.39 Å². The minimum absolute atomic E-state index is 0.0302. The molecule has 6 heteroatoms. The molecule has 2 amide bonds. The highest BCUT2D eigenvalue weighted by atomic mass is 19.1. The number of carbonyl (C=O) groups excluding carboxylic acids is 2. The third-order valence-corrected chi connectivity index (χ3v) is 3.42. The summed E-state index contributed by atoms with van der Waals surface area (Å²) in [7, 11) is 0. The largest absolute Gasteiger partial charge is 0.371 e. The van der Waals surface area contributed by atoms with E-state index in [0.29, 0.717) is 13.0 Å². The van der Waals surface area contributed by atoms with Gasteiger partial charge in [0.2, 0.25) is 11.8 Å². The summed E-state index contributed by atoms with van der Waals surface area (Å²) in [6.07, 6.45) is 0.667. The molecule has 2 aromatic carbocycles. The highest BCUT2D eigenvalue weighted by molar-refractivity contribution is 5.88. The van der Waals surface area contributed by atoms with Crippen LogP contribution in [-0.2, 0) is 20.7 Å². The minimum Gasteiger partial charge on any atom is -0.371 e. The second-order valence-electron chi connectivity index (χ2n) is 5.21. The summed E-state index contributed by atoms with van der Waals surface area (Å²) in [6, 6.07) is 14.1. The predicted octanol–water partition coefficient (Wildman–Crippen LogP) is 1.73. The molecule has 126 valence electrons. The van der Waals surface area contributed by atoms with Crippen LogP contribution in [0, 0.1) is 5.82 Å². The average molecular weight is 330 g/mol. The van der Waals surface area contributed by atoms with Gasteiger partial charge in [0.1, 0.15) is 18.5 Å². The molecular formula is C18H19FN2O3. The number of hydrogen-bond acceptors (Lipinski definition) is 3. The van der Waals surface area contributed by atoms with Crippen molar-refractivity contribution in [3.8, 4) is 0 Å². The van der Waals surface area contributed by atoms with Gasteiger partial charge in [-0.2, -0.15) is 0 Å². The Balaban J connectivity index is 1.83. The lowest BCUT2D eigenvalue weighted by atomic mass is 10.1. The summed E-state index contributed by atoms with van der Waals surface area (Å²) in [5.74, 6) is -1.97. The third kappa shape index (κ3) is 5.17. The van der Waals surface area contributed by atoms with Gasteiger partial charge in [-0.05, 0) is 18.1 Å². The Bertz CT molecular complexity index is 692. The maximum absolute atomic E-state index is 13.8. The van der Waals surface area contributed by atoms with Gasteiger partial charge in [0.15, 0.2) is 0 Å². The predicted molar refractivity (Wildman–Crippen MR) is 87.4 cm³/mol. The number of nitrogens with two attached hydrogens (primary N) is 1. The van der Waals surface area contributed by atoms with E-state index in [1.807, 2.05) is 30.3 Å². The molecule has 24 heavy (non-hydrogen) atoms. The van der Waals surface area contributed by atoms with E-state index in [0.717, 1.165) is 5.56 Å². The van der Waals surface area contributed by atoms with Crippen molar-refractivity contribution in [1.82, 2.24) is 5.32 Å². The monoisotopic (exact) mass is 330 g/mol. The Hall–Kier alpha value is -2.73. The van der Waals surface area contributed by atoms with Gasteiger partial charge in [-0.3, -0.25) is 9.59 Å². The number of halogens is 1. The van der Waals surface area contributed by atoms with Crippen LogP contribution >= 0.6 is 0 Å². The number of hydrogen-bond donors (Lipinski definition) is 2. The molecule has 2 rings (SSSR count). The molecule has 0 aliphatic heterocycles. The molecule has 0 aromatic heterocycles. The lowest BCUT2D eigenvalue weighted by molar-refractivity contribution is -0.130. The minimum atomic E-state index is -1.23. The van der Waals surface area contributed by atoms with E-state index in [9.17, 15) is 14.0 Å². The van der Waals surface area contributed by atoms with E-state index >= 15 is 0 Å². The topological polar surface area (TPSA) is 81.4 Å². The molecular weight excluding hydrogens is 311 g/mol. The smallest absolute Gasteiger partial charge is 0.246 e. The molecule has 1 atom stereocenters. The number of primary amides is 1. The number of benzene rings is 2. The van der Waals surface area contributed by atoms with Crippen molar-refractivity contribution in [1.29, 1.82) is 0 Å². The van der Waals surface area contributed by atoms with E-state index in [2.05, 4.69) is 5.32 Å². The van der Waals surface area contributed by atoms with Gasteiger partial charge in [0.25, 0.3) is 0 Å². The first-order valence-corrected chi connectivity index (χ1v) is 7.52. The molecule has 0 aliphatic carbocycles. The Morgan fingerprint density at radius 1 is 1.08 bits per heavy atom. The van der Waals surface area contributed by atoms with Gasteiger partial charge in [0.05, 0.1) is 6.61 Å². The van der Waals surface area contributed by atoms with Crippen molar-refractivity contribution in [3.05, 3.63) is 71.5 Å². The van der Waals surface area contributed by atoms with E-state index in [-0.39, 0.29) is 12.2 Å². The van der Waals surface area contributed by atoms with Crippen LogP contribution in [0.3, 0.4) is 0 Å². The fourth-order valence-electron chi connectivity index (χ4n) is 2.21. The fourth-order valence-corrected chi connectivity index (χ4v) is 2.21. The normalized spacial score (nSPS) is 11.7. The first-order chi connectivity index (χ1) is 11.6. The Labute approximate surface area is 139 Å². The highest BCUT2D eigenvalue weighted by Crippen LogP contribution is 2.16. The van der Waals surface area contributed by atoms with Crippen molar-refractivity contribution in [2.45, 2.75) is 12.5 Å². The summed E-state index contributed by atoms with van der Waals surface area (Å²) in [6.45, 7) is 0.128. The number of nitrogens with one attached hydrogen (secondary N) is 1. The van der Waals surface area contributed by atoms with Gasteiger partial charge >= 0.3 is 0 Å². The lowest BCUT2D eigenvalue weighted by Crippen LogP contribution is -2.39. The standard InChI is InChI=1S/C18H19FN2O3/c19-15-9-5-4-8-14(15)17(18(20)23)21-16(22)12-24-11-10-13-6-2-1-3-7-13/h1-9,17H,10-12H2,(H2,20,23)(H,21,22)/t17-/m1/s1. The van der Waals surface area contributed by atoms with Crippen molar-refractivity contribution in [2.75, 3.05) is 13.2 Å². The molecule has 0 radical (unpaired) electrons. The summed E-state index contributed by atoms with van der Waals surface area (Å²) < 4.78 is 19.0. The maximum Gasteiger partial charge on any atom is 0.246 e. The molecule has 2 aromatic rings. The van der Waals surface area contributed by atoms with Gasteiger partial charge in [-0.15, -0.1) is 0 Å². The Kier molecular flexibility index (Phi) is 6.45. The zero-order valence-corrected chi connectivity index (χ0v) is 13.1. The fraction of sp³-hybridized carbons (Fsp3) is 0.222. The average Bonchev–Trinajstić information content (AvgIpc) is 2.58. The van der Waals surface area contributed by atoms with Crippen LogP contribution in [0.15, 0.2) is 54.6 Å². The molecule has 3 N–H and O–H groups in total. The number of amides is 2. The third-order valence-electron chi connectivity index (χ3n) is 3.42. The van der Waals surface area contributed by atoms with Gasteiger partial charge in [0, 0.05) is 5.56 Å². The molecule has 0 saturated carbocycles. The van der Waals surface area contributed by atoms with Crippen LogP contribution in [-0.4, -0.2) is 25.0 Å². The summed E-state index contributed by atoms with van der Waals surface area (Å²) in [4.78, 5) is 23.4. The van der Waals surface area contributed by atoms with Crippen LogP contribution in [0.5, 0.6) is 0 Å². The quantitative estimate of drug-likeness (QED) is 0.723. The van der Waals surface area contributed by atoms with Gasteiger partial charge in [-0.1, -0.05) is 48.5 Å². The zero-order chi connectivity index (χ0) is 17.4. The molecule has 0 saturated heterocycles. The van der Waals surface area contributed by atoms with E-state index < -0.39 is 23.7 Å². The van der Waals surface area contributed by atoms with Crippen LogP contribution in [0.2, 0.25) is 0 Å². The van der Waals surface area contributed by atoms with Crippen LogP contribution < -0.4 is 11.1 Å². The molecule has 0 aliphatic rings. The van der Waals surface area contributed by atoms with E-state index in [1.54, 1.807) is 6.07 Å². The maximum atomic E-state index is 13.8.